The van der Waals surface area contributed by atoms with E-state index in [9.17, 15) is 0 Å². The van der Waals surface area contributed by atoms with Gasteiger partial charge in [-0.25, -0.2) is 4.98 Å². The minimum atomic E-state index is 0. The fraction of sp³-hybridized carbons (Fsp3) is 0.565. The van der Waals surface area contributed by atoms with Crippen molar-refractivity contribution in [1.29, 1.82) is 0 Å². The minimum Gasteiger partial charge on any atom is -0.497 e. The van der Waals surface area contributed by atoms with Gasteiger partial charge in [0, 0.05) is 31.4 Å². The Balaban J connectivity index is 0.00000341. The lowest BCUT2D eigenvalue weighted by molar-refractivity contribution is 0.164. The molecular weight excluding hydrogens is 521 g/mol. The molecule has 31 heavy (non-hydrogen) atoms. The molecule has 1 aromatic heterocycles. The number of nitrogens with zero attached hydrogens (tertiary/aromatic N) is 3. The third-order valence-electron chi connectivity index (χ3n) is 5.72. The molecule has 0 spiro atoms. The molecule has 1 atom stereocenters. The van der Waals surface area contributed by atoms with E-state index in [-0.39, 0.29) is 24.0 Å². The van der Waals surface area contributed by atoms with Gasteiger partial charge >= 0.3 is 0 Å². The highest BCUT2D eigenvalue weighted by Crippen LogP contribution is 2.26. The summed E-state index contributed by atoms with van der Waals surface area (Å²) >= 11 is 1.78. The van der Waals surface area contributed by atoms with Crippen LogP contribution in [0, 0.1) is 13.8 Å². The maximum absolute atomic E-state index is 5.34. The van der Waals surface area contributed by atoms with Crippen LogP contribution in [0.4, 0.5) is 0 Å². The molecule has 2 heterocycles. The van der Waals surface area contributed by atoms with E-state index in [2.05, 4.69) is 63.6 Å². The predicted molar refractivity (Wildman–Crippen MR) is 141 cm³/mol. The number of thiazole rings is 1. The number of guanidine groups is 1. The minimum absolute atomic E-state index is 0. The maximum Gasteiger partial charge on any atom is 0.191 e. The molecule has 172 valence electrons. The second-order valence-corrected chi connectivity index (χ2v) is 9.05. The Morgan fingerprint density at radius 2 is 1.87 bits per heavy atom. The van der Waals surface area contributed by atoms with Gasteiger partial charge in [-0.1, -0.05) is 18.6 Å². The van der Waals surface area contributed by atoms with Crippen molar-refractivity contribution in [2.75, 3.05) is 40.3 Å². The van der Waals surface area contributed by atoms with E-state index >= 15 is 0 Å². The van der Waals surface area contributed by atoms with Gasteiger partial charge in [0.25, 0.3) is 0 Å². The fourth-order valence-electron chi connectivity index (χ4n) is 3.86. The number of likely N-dealkylation sites (tertiary alicyclic amines) is 1. The number of ether oxygens (including phenoxy) is 1. The van der Waals surface area contributed by atoms with E-state index in [1.807, 2.05) is 7.05 Å². The smallest absolute Gasteiger partial charge is 0.191 e. The summed E-state index contributed by atoms with van der Waals surface area (Å²) in [6.45, 7) is 8.14. The Bertz CT molecular complexity index is 798. The average Bonchev–Trinajstić information content (AvgIpc) is 3.10. The zero-order chi connectivity index (χ0) is 21.3. The van der Waals surface area contributed by atoms with Crippen molar-refractivity contribution in [2.24, 2.45) is 4.99 Å². The van der Waals surface area contributed by atoms with Crippen LogP contribution in [-0.4, -0.2) is 56.2 Å². The molecule has 0 bridgehead atoms. The number of hydrogen-bond acceptors (Lipinski definition) is 5. The molecule has 1 aliphatic rings. The first-order valence-electron chi connectivity index (χ1n) is 10.9. The van der Waals surface area contributed by atoms with Crippen LogP contribution in [0.15, 0.2) is 29.3 Å². The number of aryl methyl sites for hydroxylation is 2. The fourth-order valence-corrected chi connectivity index (χ4v) is 4.80. The normalized spacial score (nSPS) is 15.8. The quantitative estimate of drug-likeness (QED) is 0.288. The number of aromatic nitrogens is 1. The molecule has 0 radical (unpaired) electrons. The van der Waals surface area contributed by atoms with Crippen LogP contribution in [0.5, 0.6) is 5.75 Å². The Hall–Kier alpha value is -1.39. The van der Waals surface area contributed by atoms with Gasteiger partial charge in [-0.2, -0.15) is 0 Å². The molecule has 1 unspecified atom stereocenters. The molecule has 3 rings (SSSR count). The van der Waals surface area contributed by atoms with E-state index in [1.54, 1.807) is 18.4 Å². The number of methoxy groups -OCH3 is 1. The largest absolute Gasteiger partial charge is 0.497 e. The summed E-state index contributed by atoms with van der Waals surface area (Å²) in [6.07, 6.45) is 4.78. The van der Waals surface area contributed by atoms with Gasteiger partial charge in [0.2, 0.25) is 0 Å². The van der Waals surface area contributed by atoms with Crippen LogP contribution in [-0.2, 0) is 6.42 Å². The third-order valence-corrected chi connectivity index (χ3v) is 6.86. The SMILES string of the molecule is CN=C(NCCc1nc(C)c(C)s1)NCC(c1ccc(OC)cc1)N1CCCCC1.I. The molecular formula is C23H36IN5OS. The first-order chi connectivity index (χ1) is 14.6. The molecule has 1 saturated heterocycles. The number of benzene rings is 1. The molecule has 1 fully saturated rings. The Kier molecular flexibility index (Phi) is 11.0. The molecule has 2 aromatic rings. The Morgan fingerprint density at radius 3 is 2.45 bits per heavy atom. The number of hydrogen-bond donors (Lipinski definition) is 2. The lowest BCUT2D eigenvalue weighted by Gasteiger charge is -2.35. The van der Waals surface area contributed by atoms with Crippen LogP contribution in [0.1, 0.15) is 46.4 Å². The molecule has 2 N–H and O–H groups in total. The zero-order valence-corrected chi connectivity index (χ0v) is 22.3. The van der Waals surface area contributed by atoms with Gasteiger partial charge in [0.1, 0.15) is 5.75 Å². The average molecular weight is 558 g/mol. The van der Waals surface area contributed by atoms with Crippen LogP contribution in [0.2, 0.25) is 0 Å². The molecule has 6 nitrogen and oxygen atoms in total. The van der Waals surface area contributed by atoms with Crippen molar-refractivity contribution in [1.82, 2.24) is 20.5 Å². The number of aliphatic imine (C=N–C) groups is 1. The van der Waals surface area contributed by atoms with Gasteiger partial charge in [-0.3, -0.25) is 9.89 Å². The van der Waals surface area contributed by atoms with E-state index < -0.39 is 0 Å². The summed E-state index contributed by atoms with van der Waals surface area (Å²) in [7, 11) is 3.54. The second-order valence-electron chi connectivity index (χ2n) is 7.76. The summed E-state index contributed by atoms with van der Waals surface area (Å²) < 4.78 is 5.34. The Labute approximate surface area is 207 Å². The van der Waals surface area contributed by atoms with Gasteiger partial charge in [0.15, 0.2) is 5.96 Å². The van der Waals surface area contributed by atoms with Gasteiger partial charge in [-0.15, -0.1) is 35.3 Å². The summed E-state index contributed by atoms with van der Waals surface area (Å²) in [5.74, 6) is 1.74. The van der Waals surface area contributed by atoms with Gasteiger partial charge in [-0.05, 0) is 57.5 Å². The van der Waals surface area contributed by atoms with Crippen LogP contribution < -0.4 is 15.4 Å². The summed E-state index contributed by atoms with van der Waals surface area (Å²) in [4.78, 5) is 12.9. The first kappa shape index (κ1) is 25.9. The zero-order valence-electron chi connectivity index (χ0n) is 19.1. The van der Waals surface area contributed by atoms with E-state index in [0.29, 0.717) is 6.04 Å². The highest BCUT2D eigenvalue weighted by Gasteiger charge is 2.22. The second kappa shape index (κ2) is 13.2. The van der Waals surface area contributed by atoms with Crippen LogP contribution >= 0.6 is 35.3 Å². The monoisotopic (exact) mass is 557 g/mol. The van der Waals surface area contributed by atoms with Crippen LogP contribution in [0.25, 0.3) is 0 Å². The number of nitrogens with one attached hydrogen (secondary N) is 2. The standard InChI is InChI=1S/C23H35N5OS.HI/c1-17-18(2)30-22(27-17)12-13-25-23(24-3)26-16-21(28-14-6-5-7-15-28)19-8-10-20(29-4)11-9-19;/h8-11,21H,5-7,12-16H2,1-4H3,(H2,24,25,26);1H. The maximum atomic E-state index is 5.34. The van der Waals surface area contributed by atoms with Crippen molar-refractivity contribution < 1.29 is 4.74 Å². The number of rotatable bonds is 8. The molecule has 0 amide bonds. The van der Waals surface area contributed by atoms with Gasteiger partial charge < -0.3 is 15.4 Å². The highest BCUT2D eigenvalue weighted by atomic mass is 127. The summed E-state index contributed by atoms with van der Waals surface area (Å²) in [5.41, 5.74) is 2.45. The summed E-state index contributed by atoms with van der Waals surface area (Å²) in [5, 5.41) is 8.17. The molecule has 1 aliphatic heterocycles. The van der Waals surface area contributed by atoms with Crippen molar-refractivity contribution in [3.8, 4) is 5.75 Å². The van der Waals surface area contributed by atoms with Crippen LogP contribution in [0.3, 0.4) is 0 Å². The third kappa shape index (κ3) is 7.61. The first-order valence-corrected chi connectivity index (χ1v) is 11.7. The van der Waals surface area contributed by atoms with Crippen molar-refractivity contribution in [2.45, 2.75) is 45.6 Å². The molecule has 0 saturated carbocycles. The van der Waals surface area contributed by atoms with Crippen molar-refractivity contribution in [3.05, 3.63) is 45.4 Å². The molecule has 1 aromatic carbocycles. The molecule has 8 heteroatoms. The van der Waals surface area contributed by atoms with Gasteiger partial charge in [0.05, 0.1) is 23.9 Å². The Morgan fingerprint density at radius 1 is 1.16 bits per heavy atom. The number of piperidine rings is 1. The topological polar surface area (TPSA) is 61.8 Å². The van der Waals surface area contributed by atoms with E-state index in [0.717, 1.165) is 50.0 Å². The number of halogens is 1. The summed E-state index contributed by atoms with van der Waals surface area (Å²) in [6, 6.07) is 8.79. The van der Waals surface area contributed by atoms with E-state index in [4.69, 9.17) is 4.74 Å². The lowest BCUT2D eigenvalue weighted by atomic mass is 10.0. The van der Waals surface area contributed by atoms with Crippen molar-refractivity contribution in [3.63, 3.8) is 0 Å². The van der Waals surface area contributed by atoms with Crippen molar-refractivity contribution >= 4 is 41.3 Å². The molecule has 0 aliphatic carbocycles. The van der Waals surface area contributed by atoms with E-state index in [1.165, 1.54) is 34.7 Å². The predicted octanol–water partition coefficient (Wildman–Crippen LogP) is 4.32. The highest BCUT2D eigenvalue weighted by molar-refractivity contribution is 14.0. The lowest BCUT2D eigenvalue weighted by Crippen LogP contribution is -2.44.